The molecule has 0 fully saturated rings. The van der Waals surface area contributed by atoms with E-state index in [0.717, 1.165) is 40.7 Å². The number of carbonyl (C=O) groups excluding carboxylic acids is 1. The summed E-state index contributed by atoms with van der Waals surface area (Å²) in [6.07, 6.45) is 6.39. The summed E-state index contributed by atoms with van der Waals surface area (Å²) in [5.74, 6) is -0.0589. The monoisotopic (exact) mass is 483 g/mol. The molecule has 1 aliphatic heterocycles. The molecule has 34 heavy (non-hydrogen) atoms. The maximum absolute atomic E-state index is 16.0. The van der Waals surface area contributed by atoms with E-state index >= 15 is 4.39 Å². The largest absolute Gasteiger partial charge is 0.351 e. The summed E-state index contributed by atoms with van der Waals surface area (Å²) >= 11 is 5.88. The third-order valence-electron chi connectivity index (χ3n) is 7.43. The minimum absolute atomic E-state index is 0.0139. The van der Waals surface area contributed by atoms with Crippen LogP contribution >= 0.6 is 11.6 Å². The van der Waals surface area contributed by atoms with E-state index in [4.69, 9.17) is 11.6 Å². The molecular formula is C26H31ClFN5O. The molecule has 0 unspecified atom stereocenters. The Labute approximate surface area is 205 Å². The second-order valence-corrected chi connectivity index (χ2v) is 9.71. The van der Waals surface area contributed by atoms with Crippen LogP contribution in [0, 0.1) is 17.2 Å². The lowest BCUT2D eigenvalue weighted by Crippen LogP contribution is -2.45. The Hall–Kier alpha value is -2.80. The average Bonchev–Trinajstić information content (AvgIpc) is 2.81. The van der Waals surface area contributed by atoms with Crippen LogP contribution in [0.2, 0.25) is 5.28 Å². The number of hydrogen-bond donors (Lipinski definition) is 2. The molecule has 2 aromatic heterocycles. The van der Waals surface area contributed by atoms with Crippen molar-refractivity contribution in [2.75, 3.05) is 11.9 Å². The molecule has 0 atom stereocenters. The fourth-order valence-corrected chi connectivity index (χ4v) is 5.51. The molecule has 0 saturated heterocycles. The molecule has 2 aliphatic rings. The molecule has 3 heterocycles. The number of halogens is 2. The first-order valence-electron chi connectivity index (χ1n) is 11.9. The van der Waals surface area contributed by atoms with Gasteiger partial charge < -0.3 is 10.6 Å². The number of nitrogens with one attached hydrogen (secondary N) is 2. The van der Waals surface area contributed by atoms with Crippen LogP contribution in [-0.2, 0) is 11.2 Å². The Kier molecular flexibility index (Phi) is 6.76. The third kappa shape index (κ3) is 4.11. The molecule has 0 spiro atoms. The predicted molar refractivity (Wildman–Crippen MR) is 133 cm³/mol. The number of allylic oxidation sites excluding steroid dienone is 1. The molecule has 6 nitrogen and oxygen atoms in total. The summed E-state index contributed by atoms with van der Waals surface area (Å²) < 4.78 is 16.0. The second-order valence-electron chi connectivity index (χ2n) is 9.37. The molecule has 1 aliphatic carbocycles. The van der Waals surface area contributed by atoms with Gasteiger partial charge in [-0.1, -0.05) is 33.3 Å². The lowest BCUT2D eigenvalue weighted by atomic mass is 9.68. The van der Waals surface area contributed by atoms with Crippen LogP contribution in [0.25, 0.3) is 5.57 Å². The van der Waals surface area contributed by atoms with Crippen LogP contribution in [0.1, 0.15) is 65.0 Å². The summed E-state index contributed by atoms with van der Waals surface area (Å²) in [6, 6.07) is 1.60. The van der Waals surface area contributed by atoms with Crippen LogP contribution in [0.15, 0.2) is 35.2 Å². The van der Waals surface area contributed by atoms with Crippen LogP contribution in [-0.4, -0.2) is 27.4 Å². The number of amides is 1. The predicted octanol–water partition coefficient (Wildman–Crippen LogP) is 6.02. The maximum Gasteiger partial charge on any atom is 0.251 e. The Morgan fingerprint density at radius 1 is 1.24 bits per heavy atom. The Morgan fingerprint density at radius 3 is 2.62 bits per heavy atom. The second kappa shape index (κ2) is 9.45. The minimum atomic E-state index is -0.445. The molecule has 0 bridgehead atoms. The number of nitrogens with zero attached hydrogens (tertiary/aromatic N) is 3. The zero-order chi connectivity index (χ0) is 24.6. The number of anilines is 2. The van der Waals surface area contributed by atoms with Gasteiger partial charge in [-0.2, -0.15) is 0 Å². The highest BCUT2D eigenvalue weighted by Gasteiger charge is 2.39. The van der Waals surface area contributed by atoms with Crippen molar-refractivity contribution in [2.24, 2.45) is 11.3 Å². The molecule has 2 aromatic rings. The maximum atomic E-state index is 16.0. The van der Waals surface area contributed by atoms with Crippen molar-refractivity contribution in [1.82, 2.24) is 20.3 Å². The summed E-state index contributed by atoms with van der Waals surface area (Å²) in [5.41, 5.74) is 4.98. The molecule has 1 amide bonds. The van der Waals surface area contributed by atoms with Gasteiger partial charge in [0.1, 0.15) is 5.82 Å². The lowest BCUT2D eigenvalue weighted by molar-refractivity contribution is -0.118. The normalized spacial score (nSPS) is 17.7. The standard InChI is InChI=1S/C26H31ClFN5O/c1-6-26(7-2)13-31-24(34)20(15(26)5)17-9-8-16-12-30-23(22(28)21(16)19(17)14(3)4)32-18-10-11-29-25(27)33-18/h10-12,14H,6-9,13H2,1-5H3,(H,31,34)(H,29,30,32,33). The van der Waals surface area contributed by atoms with Crippen LogP contribution in [0.4, 0.5) is 16.0 Å². The van der Waals surface area contributed by atoms with E-state index in [1.165, 1.54) is 6.20 Å². The van der Waals surface area contributed by atoms with Crippen molar-refractivity contribution in [3.63, 3.8) is 0 Å². The number of fused-ring (bicyclic) bond motifs is 1. The molecule has 0 radical (unpaired) electrons. The summed E-state index contributed by atoms with van der Waals surface area (Å²) in [4.78, 5) is 25.4. The third-order valence-corrected chi connectivity index (χ3v) is 7.61. The first-order chi connectivity index (χ1) is 16.2. The highest BCUT2D eigenvalue weighted by molar-refractivity contribution is 6.28. The van der Waals surface area contributed by atoms with Gasteiger partial charge in [-0.15, -0.1) is 0 Å². The van der Waals surface area contributed by atoms with E-state index in [1.54, 1.807) is 12.3 Å². The highest BCUT2D eigenvalue weighted by atomic mass is 35.5. The SMILES string of the molecule is CCC1(CC)CNC(=O)C(C2=C(C(C)C)c3c(cnc(Nc4ccnc(Cl)n4)c3F)CC2)=C1C. The summed E-state index contributed by atoms with van der Waals surface area (Å²) in [7, 11) is 0. The van der Waals surface area contributed by atoms with Crippen molar-refractivity contribution >= 4 is 34.7 Å². The van der Waals surface area contributed by atoms with Crippen molar-refractivity contribution in [3.05, 3.63) is 57.4 Å². The first kappa shape index (κ1) is 24.3. The number of hydrogen-bond acceptors (Lipinski definition) is 5. The fraction of sp³-hybridized carbons (Fsp3) is 0.462. The Balaban J connectivity index is 1.90. The molecule has 180 valence electrons. The van der Waals surface area contributed by atoms with Crippen molar-refractivity contribution in [2.45, 2.75) is 60.3 Å². The van der Waals surface area contributed by atoms with E-state index in [9.17, 15) is 4.79 Å². The van der Waals surface area contributed by atoms with Gasteiger partial charge in [0, 0.05) is 35.5 Å². The van der Waals surface area contributed by atoms with Crippen LogP contribution < -0.4 is 10.6 Å². The van der Waals surface area contributed by atoms with E-state index < -0.39 is 5.82 Å². The topological polar surface area (TPSA) is 79.8 Å². The molecule has 2 N–H and O–H groups in total. The van der Waals surface area contributed by atoms with E-state index in [-0.39, 0.29) is 28.3 Å². The van der Waals surface area contributed by atoms with E-state index in [1.807, 2.05) is 13.8 Å². The molecular weight excluding hydrogens is 453 g/mol. The van der Waals surface area contributed by atoms with Gasteiger partial charge in [0.2, 0.25) is 5.28 Å². The highest BCUT2D eigenvalue weighted by Crippen LogP contribution is 2.46. The Bertz CT molecular complexity index is 1200. The van der Waals surface area contributed by atoms with Gasteiger partial charge in [-0.3, -0.25) is 4.79 Å². The van der Waals surface area contributed by atoms with Crippen LogP contribution in [0.5, 0.6) is 0 Å². The molecule has 0 saturated carbocycles. The minimum Gasteiger partial charge on any atom is -0.351 e. The lowest BCUT2D eigenvalue weighted by Gasteiger charge is -2.40. The van der Waals surface area contributed by atoms with E-state index in [2.05, 4.69) is 46.4 Å². The zero-order valence-electron chi connectivity index (χ0n) is 20.4. The number of aromatic nitrogens is 3. The quantitative estimate of drug-likeness (QED) is 0.491. The molecule has 8 heteroatoms. The van der Waals surface area contributed by atoms with Crippen LogP contribution in [0.3, 0.4) is 0 Å². The fourth-order valence-electron chi connectivity index (χ4n) is 5.36. The smallest absolute Gasteiger partial charge is 0.251 e. The van der Waals surface area contributed by atoms with Gasteiger partial charge in [0.25, 0.3) is 5.91 Å². The average molecular weight is 484 g/mol. The van der Waals surface area contributed by atoms with Gasteiger partial charge in [-0.25, -0.2) is 19.3 Å². The van der Waals surface area contributed by atoms with Gasteiger partial charge in [0.05, 0.1) is 0 Å². The van der Waals surface area contributed by atoms with Gasteiger partial charge in [-0.05, 0) is 72.9 Å². The number of pyridine rings is 1. The van der Waals surface area contributed by atoms with Crippen molar-refractivity contribution < 1.29 is 9.18 Å². The summed E-state index contributed by atoms with van der Waals surface area (Å²) in [6.45, 7) is 11.1. The van der Waals surface area contributed by atoms with Gasteiger partial charge in [0.15, 0.2) is 11.6 Å². The molecule has 0 aromatic carbocycles. The van der Waals surface area contributed by atoms with E-state index in [0.29, 0.717) is 30.8 Å². The van der Waals surface area contributed by atoms with Crippen molar-refractivity contribution in [3.8, 4) is 0 Å². The van der Waals surface area contributed by atoms with Crippen molar-refractivity contribution in [1.29, 1.82) is 0 Å². The number of carbonyl (C=O) groups is 1. The molecule has 4 rings (SSSR count). The number of rotatable bonds is 6. The Morgan fingerprint density at radius 2 is 1.97 bits per heavy atom. The first-order valence-corrected chi connectivity index (χ1v) is 12.3. The van der Waals surface area contributed by atoms with Gasteiger partial charge >= 0.3 is 0 Å². The number of aryl methyl sites for hydroxylation is 1. The summed E-state index contributed by atoms with van der Waals surface area (Å²) in [5, 5.41) is 6.12. The zero-order valence-corrected chi connectivity index (χ0v) is 21.1.